The van der Waals surface area contributed by atoms with Gasteiger partial charge in [0.1, 0.15) is 0 Å². The van der Waals surface area contributed by atoms with Crippen molar-refractivity contribution in [1.29, 1.82) is 0 Å². The Hall–Kier alpha value is -1.62. The van der Waals surface area contributed by atoms with E-state index in [0.29, 0.717) is 6.42 Å². The minimum atomic E-state index is -0.757. The number of aliphatic hydroxyl groups is 1. The highest BCUT2D eigenvalue weighted by Crippen LogP contribution is 2.20. The van der Waals surface area contributed by atoms with Crippen LogP contribution in [0.1, 0.15) is 30.6 Å². The molecule has 0 aromatic heterocycles. The molecule has 1 aromatic carbocycles. The van der Waals surface area contributed by atoms with E-state index in [1.54, 1.807) is 13.0 Å². The van der Waals surface area contributed by atoms with E-state index >= 15 is 0 Å². The van der Waals surface area contributed by atoms with E-state index in [9.17, 15) is 14.3 Å². The maximum atomic E-state index is 13.9. The predicted octanol–water partition coefficient (Wildman–Crippen LogP) is 1.73. The van der Waals surface area contributed by atoms with E-state index in [1.165, 1.54) is 19.2 Å². The molecule has 0 spiro atoms. The lowest BCUT2D eigenvalue weighted by molar-refractivity contribution is 0.0842. The fraction of sp³-hybridized carbons (Fsp3) is 0.462. The van der Waals surface area contributed by atoms with Crippen LogP contribution in [0.4, 0.5) is 4.39 Å². The Labute approximate surface area is 106 Å². The summed E-state index contributed by atoms with van der Waals surface area (Å²) >= 11 is 0. The number of methoxy groups -OCH3 is 1. The van der Waals surface area contributed by atoms with Crippen LogP contribution in [0.5, 0.6) is 5.75 Å². The van der Waals surface area contributed by atoms with Gasteiger partial charge in [0.2, 0.25) is 0 Å². The molecule has 4 nitrogen and oxygen atoms in total. The van der Waals surface area contributed by atoms with Crippen LogP contribution >= 0.6 is 0 Å². The van der Waals surface area contributed by atoms with Gasteiger partial charge < -0.3 is 15.2 Å². The summed E-state index contributed by atoms with van der Waals surface area (Å²) in [6, 6.07) is 4.36. The standard InChI is InChI=1S/C13H18FNO3/c1-4-13(2,8-16)15-12(17)9-6-5-7-10(18-3)11(9)14/h5-7,16H,4,8H2,1-3H3,(H,15,17)/t13-/m0/s1. The third-order valence-electron chi connectivity index (χ3n) is 2.97. The van der Waals surface area contributed by atoms with E-state index < -0.39 is 17.3 Å². The van der Waals surface area contributed by atoms with Gasteiger partial charge in [-0.3, -0.25) is 4.79 Å². The average Bonchev–Trinajstić information content (AvgIpc) is 2.38. The van der Waals surface area contributed by atoms with E-state index in [4.69, 9.17) is 4.74 Å². The van der Waals surface area contributed by atoms with Gasteiger partial charge in [0, 0.05) is 0 Å². The van der Waals surface area contributed by atoms with Crippen LogP contribution in [-0.2, 0) is 0 Å². The van der Waals surface area contributed by atoms with Crippen molar-refractivity contribution in [2.24, 2.45) is 0 Å². The van der Waals surface area contributed by atoms with Crippen molar-refractivity contribution in [1.82, 2.24) is 5.32 Å². The molecule has 5 heteroatoms. The van der Waals surface area contributed by atoms with Crippen molar-refractivity contribution in [2.75, 3.05) is 13.7 Å². The molecule has 0 saturated carbocycles. The molecule has 0 aliphatic heterocycles. The molecule has 2 N–H and O–H groups in total. The highest BCUT2D eigenvalue weighted by Gasteiger charge is 2.25. The largest absolute Gasteiger partial charge is 0.494 e. The zero-order valence-electron chi connectivity index (χ0n) is 10.8. The van der Waals surface area contributed by atoms with Gasteiger partial charge in [-0.05, 0) is 25.5 Å². The molecule has 0 saturated heterocycles. The van der Waals surface area contributed by atoms with Gasteiger partial charge in [0.25, 0.3) is 5.91 Å². The van der Waals surface area contributed by atoms with E-state index in [1.807, 2.05) is 6.92 Å². The number of ether oxygens (including phenoxy) is 1. The summed E-state index contributed by atoms with van der Waals surface area (Å²) in [5.41, 5.74) is -0.852. The molecule has 1 aromatic rings. The number of nitrogens with one attached hydrogen (secondary N) is 1. The number of carbonyl (C=O) groups excluding carboxylic acids is 1. The second-order valence-corrected chi connectivity index (χ2v) is 4.35. The van der Waals surface area contributed by atoms with E-state index in [-0.39, 0.29) is 17.9 Å². The smallest absolute Gasteiger partial charge is 0.254 e. The summed E-state index contributed by atoms with van der Waals surface area (Å²) in [6.45, 7) is 3.32. The Kier molecular flexibility index (Phi) is 4.67. The van der Waals surface area contributed by atoms with Gasteiger partial charge in [0.15, 0.2) is 11.6 Å². The Balaban J connectivity index is 2.98. The van der Waals surface area contributed by atoms with Crippen LogP contribution in [0.25, 0.3) is 0 Å². The van der Waals surface area contributed by atoms with E-state index in [0.717, 1.165) is 0 Å². The quantitative estimate of drug-likeness (QED) is 0.842. The Morgan fingerprint density at radius 2 is 2.22 bits per heavy atom. The van der Waals surface area contributed by atoms with Crippen LogP contribution < -0.4 is 10.1 Å². The van der Waals surface area contributed by atoms with Crippen LogP contribution in [-0.4, -0.2) is 30.3 Å². The summed E-state index contributed by atoms with van der Waals surface area (Å²) in [6.07, 6.45) is 0.542. The molecular weight excluding hydrogens is 237 g/mol. The molecule has 0 aliphatic carbocycles. The zero-order chi connectivity index (χ0) is 13.8. The van der Waals surface area contributed by atoms with Gasteiger partial charge in [-0.25, -0.2) is 4.39 Å². The molecule has 0 bridgehead atoms. The number of amides is 1. The molecule has 1 rings (SSSR count). The van der Waals surface area contributed by atoms with Gasteiger partial charge in [-0.1, -0.05) is 13.0 Å². The van der Waals surface area contributed by atoms with Crippen molar-refractivity contribution in [3.8, 4) is 5.75 Å². The second-order valence-electron chi connectivity index (χ2n) is 4.35. The molecule has 0 fully saturated rings. The molecule has 100 valence electrons. The van der Waals surface area contributed by atoms with Gasteiger partial charge in [-0.2, -0.15) is 0 Å². The highest BCUT2D eigenvalue weighted by molar-refractivity contribution is 5.95. The summed E-state index contributed by atoms with van der Waals surface area (Å²) in [4.78, 5) is 11.9. The molecule has 18 heavy (non-hydrogen) atoms. The van der Waals surface area contributed by atoms with Crippen molar-refractivity contribution in [3.05, 3.63) is 29.6 Å². The van der Waals surface area contributed by atoms with E-state index in [2.05, 4.69) is 5.32 Å². The molecule has 0 aliphatic rings. The number of hydrogen-bond donors (Lipinski definition) is 2. The lowest BCUT2D eigenvalue weighted by Crippen LogP contribution is -2.48. The first-order chi connectivity index (χ1) is 8.47. The second kappa shape index (κ2) is 5.82. The highest BCUT2D eigenvalue weighted by atomic mass is 19.1. The molecular formula is C13H18FNO3. The average molecular weight is 255 g/mol. The topological polar surface area (TPSA) is 58.6 Å². The first-order valence-electron chi connectivity index (χ1n) is 5.73. The third kappa shape index (κ3) is 2.98. The summed E-state index contributed by atoms with van der Waals surface area (Å²) in [5.74, 6) is -1.25. The molecule has 0 unspecified atom stereocenters. The van der Waals surface area contributed by atoms with Gasteiger partial charge in [0.05, 0.1) is 24.8 Å². The number of hydrogen-bond acceptors (Lipinski definition) is 3. The summed E-state index contributed by atoms with van der Waals surface area (Å²) in [5, 5.41) is 11.8. The van der Waals surface area contributed by atoms with Crippen LogP contribution in [0.3, 0.4) is 0 Å². The van der Waals surface area contributed by atoms with Crippen LogP contribution in [0.2, 0.25) is 0 Å². The molecule has 0 heterocycles. The first kappa shape index (κ1) is 14.4. The van der Waals surface area contributed by atoms with Crippen LogP contribution in [0.15, 0.2) is 18.2 Å². The van der Waals surface area contributed by atoms with Gasteiger partial charge >= 0.3 is 0 Å². The lowest BCUT2D eigenvalue weighted by atomic mass is 9.99. The van der Waals surface area contributed by atoms with Crippen molar-refractivity contribution >= 4 is 5.91 Å². The maximum absolute atomic E-state index is 13.9. The Morgan fingerprint density at radius 1 is 1.56 bits per heavy atom. The number of benzene rings is 1. The lowest BCUT2D eigenvalue weighted by Gasteiger charge is -2.27. The molecule has 1 amide bonds. The minimum absolute atomic E-state index is 0.0184. The third-order valence-corrected chi connectivity index (χ3v) is 2.97. The zero-order valence-corrected chi connectivity index (χ0v) is 10.8. The predicted molar refractivity (Wildman–Crippen MR) is 66.2 cm³/mol. The maximum Gasteiger partial charge on any atom is 0.254 e. The molecule has 0 radical (unpaired) electrons. The summed E-state index contributed by atoms with van der Waals surface area (Å²) < 4.78 is 18.7. The van der Waals surface area contributed by atoms with Crippen LogP contribution in [0, 0.1) is 5.82 Å². The fourth-order valence-corrected chi connectivity index (χ4v) is 1.42. The SMILES string of the molecule is CC[C@@](C)(CO)NC(=O)c1cccc(OC)c1F. The number of rotatable bonds is 5. The first-order valence-corrected chi connectivity index (χ1v) is 5.73. The monoisotopic (exact) mass is 255 g/mol. The number of carbonyl (C=O) groups is 1. The summed E-state index contributed by atoms with van der Waals surface area (Å²) in [7, 11) is 1.34. The molecule has 1 atom stereocenters. The van der Waals surface area contributed by atoms with Gasteiger partial charge in [-0.15, -0.1) is 0 Å². The fourth-order valence-electron chi connectivity index (χ4n) is 1.42. The number of halogens is 1. The Bertz CT molecular complexity index is 430. The number of aliphatic hydroxyl groups excluding tert-OH is 1. The van der Waals surface area contributed by atoms with Crippen molar-refractivity contribution in [2.45, 2.75) is 25.8 Å². The van der Waals surface area contributed by atoms with Crippen molar-refractivity contribution in [3.63, 3.8) is 0 Å². The Morgan fingerprint density at radius 3 is 2.72 bits per heavy atom. The minimum Gasteiger partial charge on any atom is -0.494 e. The normalized spacial score (nSPS) is 13.8. The van der Waals surface area contributed by atoms with Crippen molar-refractivity contribution < 1.29 is 19.0 Å².